The molecule has 1 aliphatic heterocycles. The third-order valence-electron chi connectivity index (χ3n) is 3.28. The summed E-state index contributed by atoms with van der Waals surface area (Å²) in [7, 11) is 0. The van der Waals surface area contributed by atoms with Gasteiger partial charge in [-0.1, -0.05) is 6.92 Å². The first-order chi connectivity index (χ1) is 8.11. The molecule has 0 atom stereocenters. The van der Waals surface area contributed by atoms with Crippen LogP contribution in [0.4, 0.5) is 14.5 Å². The number of anilines is 1. The maximum atomic E-state index is 13.7. The van der Waals surface area contributed by atoms with Crippen LogP contribution in [0.1, 0.15) is 25.3 Å². The predicted octanol–water partition coefficient (Wildman–Crippen LogP) is 3.07. The van der Waals surface area contributed by atoms with Gasteiger partial charge in [0.1, 0.15) is 17.7 Å². The molecule has 1 heterocycles. The summed E-state index contributed by atoms with van der Waals surface area (Å²) in [4.78, 5) is 1.85. The van der Waals surface area contributed by atoms with Gasteiger partial charge in [-0.3, -0.25) is 0 Å². The molecule has 1 fully saturated rings. The van der Waals surface area contributed by atoms with Gasteiger partial charge in [-0.15, -0.1) is 0 Å². The lowest BCUT2D eigenvalue weighted by Crippen LogP contribution is -2.33. The van der Waals surface area contributed by atoms with Gasteiger partial charge >= 0.3 is 0 Å². The van der Waals surface area contributed by atoms with Crippen molar-refractivity contribution < 1.29 is 8.78 Å². The van der Waals surface area contributed by atoms with Crippen LogP contribution in [0.3, 0.4) is 0 Å². The molecule has 0 saturated carbocycles. The van der Waals surface area contributed by atoms with Gasteiger partial charge in [0.15, 0.2) is 0 Å². The zero-order chi connectivity index (χ0) is 12.4. The van der Waals surface area contributed by atoms with Crippen LogP contribution in [0.15, 0.2) is 12.1 Å². The van der Waals surface area contributed by atoms with Crippen LogP contribution in [0.5, 0.6) is 0 Å². The lowest BCUT2D eigenvalue weighted by atomic mass is 9.98. The van der Waals surface area contributed by atoms with Gasteiger partial charge in [-0.2, -0.15) is 5.26 Å². The summed E-state index contributed by atoms with van der Waals surface area (Å²) < 4.78 is 27.2. The van der Waals surface area contributed by atoms with Crippen molar-refractivity contribution in [1.29, 1.82) is 5.26 Å². The molecule has 2 rings (SSSR count). The average Bonchev–Trinajstić information content (AvgIpc) is 2.33. The van der Waals surface area contributed by atoms with E-state index >= 15 is 0 Å². The monoisotopic (exact) mass is 236 g/mol. The van der Waals surface area contributed by atoms with Crippen molar-refractivity contribution in [2.75, 3.05) is 18.0 Å². The highest BCUT2D eigenvalue weighted by Crippen LogP contribution is 2.27. The van der Waals surface area contributed by atoms with E-state index in [-0.39, 0.29) is 11.3 Å². The Morgan fingerprint density at radius 3 is 2.47 bits per heavy atom. The number of piperidine rings is 1. The van der Waals surface area contributed by atoms with E-state index < -0.39 is 11.6 Å². The summed E-state index contributed by atoms with van der Waals surface area (Å²) in [5, 5.41) is 8.61. The van der Waals surface area contributed by atoms with Crippen LogP contribution in [0.2, 0.25) is 0 Å². The predicted molar refractivity (Wildman–Crippen MR) is 61.7 cm³/mol. The number of benzene rings is 1. The van der Waals surface area contributed by atoms with Gasteiger partial charge in [-0.25, -0.2) is 8.78 Å². The van der Waals surface area contributed by atoms with Gasteiger partial charge in [0.05, 0.1) is 11.3 Å². The molecule has 1 aromatic carbocycles. The highest BCUT2D eigenvalue weighted by Gasteiger charge is 2.20. The average molecular weight is 236 g/mol. The van der Waals surface area contributed by atoms with Crippen molar-refractivity contribution in [2.24, 2.45) is 5.92 Å². The first-order valence-electron chi connectivity index (χ1n) is 5.76. The minimum Gasteiger partial charge on any atom is -0.369 e. The molecule has 0 bridgehead atoms. The molecule has 90 valence electrons. The third kappa shape index (κ3) is 2.38. The van der Waals surface area contributed by atoms with Crippen molar-refractivity contribution in [3.05, 3.63) is 29.3 Å². The highest BCUT2D eigenvalue weighted by molar-refractivity contribution is 5.52. The second kappa shape index (κ2) is 4.70. The van der Waals surface area contributed by atoms with E-state index in [1.165, 1.54) is 0 Å². The maximum Gasteiger partial charge on any atom is 0.148 e. The molecule has 0 amide bonds. The lowest BCUT2D eigenvalue weighted by molar-refractivity contribution is 0.434. The van der Waals surface area contributed by atoms with Crippen LogP contribution >= 0.6 is 0 Å². The fraction of sp³-hybridized carbons (Fsp3) is 0.462. The van der Waals surface area contributed by atoms with Gasteiger partial charge in [0.25, 0.3) is 0 Å². The van der Waals surface area contributed by atoms with E-state index in [9.17, 15) is 8.78 Å². The van der Waals surface area contributed by atoms with Gasteiger partial charge < -0.3 is 4.90 Å². The molecule has 0 radical (unpaired) electrons. The van der Waals surface area contributed by atoms with Crippen LogP contribution in [0, 0.1) is 28.9 Å². The maximum absolute atomic E-state index is 13.7. The zero-order valence-electron chi connectivity index (χ0n) is 9.71. The first-order valence-corrected chi connectivity index (χ1v) is 5.76. The van der Waals surface area contributed by atoms with E-state index in [1.54, 1.807) is 6.07 Å². The minimum absolute atomic E-state index is 0.239. The smallest absolute Gasteiger partial charge is 0.148 e. The molecule has 0 N–H and O–H groups in total. The number of hydrogen-bond acceptors (Lipinski definition) is 2. The second-order valence-corrected chi connectivity index (χ2v) is 4.56. The number of hydrogen-bond donors (Lipinski definition) is 0. The van der Waals surface area contributed by atoms with Crippen LogP contribution in [0.25, 0.3) is 0 Å². The molecule has 0 unspecified atom stereocenters. The Balaban J connectivity index is 2.27. The van der Waals surface area contributed by atoms with E-state index in [0.717, 1.165) is 38.1 Å². The molecule has 0 spiro atoms. The number of nitrogens with zero attached hydrogens (tertiary/aromatic N) is 2. The Morgan fingerprint density at radius 1 is 1.24 bits per heavy atom. The minimum atomic E-state index is -0.650. The summed E-state index contributed by atoms with van der Waals surface area (Å²) in [6.45, 7) is 3.64. The van der Waals surface area contributed by atoms with Gasteiger partial charge in [0, 0.05) is 19.2 Å². The summed E-state index contributed by atoms with van der Waals surface area (Å²) in [5.74, 6) is -0.530. The summed E-state index contributed by atoms with van der Waals surface area (Å²) in [5.41, 5.74) is 0.0324. The Bertz CT molecular complexity index is 457. The van der Waals surface area contributed by atoms with E-state index in [2.05, 4.69) is 6.92 Å². The largest absolute Gasteiger partial charge is 0.369 e. The lowest BCUT2D eigenvalue weighted by Gasteiger charge is -2.32. The molecular weight excluding hydrogens is 222 g/mol. The molecule has 1 saturated heterocycles. The summed E-state index contributed by atoms with van der Waals surface area (Å²) in [6.07, 6.45) is 1.97. The Hall–Kier alpha value is -1.63. The highest BCUT2D eigenvalue weighted by atomic mass is 19.1. The van der Waals surface area contributed by atoms with Crippen molar-refractivity contribution in [1.82, 2.24) is 0 Å². The molecule has 4 heteroatoms. The third-order valence-corrected chi connectivity index (χ3v) is 3.28. The topological polar surface area (TPSA) is 27.0 Å². The Kier molecular flexibility index (Phi) is 3.28. The normalized spacial score (nSPS) is 16.9. The van der Waals surface area contributed by atoms with Crippen molar-refractivity contribution in [3.8, 4) is 6.07 Å². The van der Waals surface area contributed by atoms with Crippen LogP contribution in [-0.4, -0.2) is 13.1 Å². The summed E-state index contributed by atoms with van der Waals surface area (Å²) in [6, 6.07) is 3.74. The zero-order valence-corrected chi connectivity index (χ0v) is 9.71. The molecule has 0 aliphatic carbocycles. The Morgan fingerprint density at radius 2 is 1.88 bits per heavy atom. The molecule has 1 aromatic rings. The fourth-order valence-corrected chi connectivity index (χ4v) is 2.11. The van der Waals surface area contributed by atoms with Gasteiger partial charge in [-0.05, 0) is 24.8 Å². The van der Waals surface area contributed by atoms with Gasteiger partial charge in [0.2, 0.25) is 0 Å². The van der Waals surface area contributed by atoms with Crippen molar-refractivity contribution in [3.63, 3.8) is 0 Å². The molecule has 2 nitrogen and oxygen atoms in total. The van der Waals surface area contributed by atoms with Crippen molar-refractivity contribution in [2.45, 2.75) is 19.8 Å². The molecule has 0 aromatic heterocycles. The quantitative estimate of drug-likeness (QED) is 0.749. The van der Waals surface area contributed by atoms with Crippen LogP contribution < -0.4 is 4.90 Å². The number of rotatable bonds is 1. The summed E-state index contributed by atoms with van der Waals surface area (Å²) >= 11 is 0. The standard InChI is InChI=1S/C13H14F2N2/c1-9-2-4-17(5-3-9)13-7-11(14)10(8-16)6-12(13)15/h6-7,9H,2-5H2,1H3. The number of nitriles is 1. The van der Waals surface area contributed by atoms with E-state index in [0.29, 0.717) is 5.92 Å². The second-order valence-electron chi connectivity index (χ2n) is 4.56. The molecule has 17 heavy (non-hydrogen) atoms. The molecular formula is C13H14F2N2. The number of halogens is 2. The first kappa shape index (κ1) is 11.8. The van der Waals surface area contributed by atoms with E-state index in [4.69, 9.17) is 5.26 Å². The van der Waals surface area contributed by atoms with Crippen molar-refractivity contribution >= 4 is 5.69 Å². The SMILES string of the molecule is CC1CCN(c2cc(F)c(C#N)cc2F)CC1. The molecule has 1 aliphatic rings. The fourth-order valence-electron chi connectivity index (χ4n) is 2.11. The van der Waals surface area contributed by atoms with E-state index in [1.807, 2.05) is 4.90 Å². The Labute approximate surface area is 99.5 Å². The van der Waals surface area contributed by atoms with Crippen LogP contribution in [-0.2, 0) is 0 Å².